The summed E-state index contributed by atoms with van der Waals surface area (Å²) in [6, 6.07) is 0. The lowest BCUT2D eigenvalue weighted by atomic mass is 10.2. The van der Waals surface area contributed by atoms with E-state index in [1.54, 1.807) is 6.92 Å². The molecular formula is C11H18N2O2. The second kappa shape index (κ2) is 4.96. The maximum atomic E-state index is 11.5. The van der Waals surface area contributed by atoms with Gasteiger partial charge in [0.2, 0.25) is 5.91 Å². The molecule has 15 heavy (non-hydrogen) atoms. The van der Waals surface area contributed by atoms with Gasteiger partial charge < -0.3 is 9.73 Å². The Bertz CT molecular complexity index is 342. The molecule has 1 amide bonds. The highest BCUT2D eigenvalue weighted by Gasteiger charge is 2.11. The normalized spacial score (nSPS) is 10.7. The highest BCUT2D eigenvalue weighted by molar-refractivity contribution is 5.78. The topological polar surface area (TPSA) is 55.1 Å². The molecule has 1 N–H and O–H groups in total. The lowest BCUT2D eigenvalue weighted by molar-refractivity contribution is -0.120. The van der Waals surface area contributed by atoms with Crippen LogP contribution < -0.4 is 5.32 Å². The third kappa shape index (κ3) is 3.73. The average Bonchev–Trinajstić information content (AvgIpc) is 2.42. The van der Waals surface area contributed by atoms with E-state index in [-0.39, 0.29) is 12.3 Å². The third-order valence-corrected chi connectivity index (χ3v) is 2.03. The van der Waals surface area contributed by atoms with E-state index in [9.17, 15) is 4.79 Å². The zero-order chi connectivity index (χ0) is 11.4. The zero-order valence-corrected chi connectivity index (χ0v) is 9.76. The summed E-state index contributed by atoms with van der Waals surface area (Å²) in [5, 5.41) is 2.84. The molecule has 1 aromatic rings. The lowest BCUT2D eigenvalue weighted by Crippen LogP contribution is -2.28. The van der Waals surface area contributed by atoms with Gasteiger partial charge >= 0.3 is 0 Å². The van der Waals surface area contributed by atoms with Crippen molar-refractivity contribution < 1.29 is 9.21 Å². The van der Waals surface area contributed by atoms with E-state index in [0.717, 1.165) is 5.69 Å². The maximum Gasteiger partial charge on any atom is 0.227 e. The van der Waals surface area contributed by atoms with Crippen molar-refractivity contribution in [2.24, 2.45) is 5.92 Å². The number of nitrogens with one attached hydrogen (secondary N) is 1. The largest absolute Gasteiger partial charge is 0.445 e. The van der Waals surface area contributed by atoms with Gasteiger partial charge in [-0.05, 0) is 12.8 Å². The first-order chi connectivity index (χ1) is 6.99. The molecule has 0 unspecified atom stereocenters. The fourth-order valence-electron chi connectivity index (χ4n) is 1.26. The van der Waals surface area contributed by atoms with Crippen molar-refractivity contribution in [2.45, 2.75) is 34.1 Å². The minimum atomic E-state index is -0.0112. The first-order valence-corrected chi connectivity index (χ1v) is 5.18. The fourth-order valence-corrected chi connectivity index (χ4v) is 1.26. The zero-order valence-electron chi connectivity index (χ0n) is 9.76. The summed E-state index contributed by atoms with van der Waals surface area (Å²) < 4.78 is 5.32. The Balaban J connectivity index is 2.48. The number of oxazole rings is 1. The molecule has 0 aliphatic heterocycles. The minimum absolute atomic E-state index is 0.0112. The number of aromatic nitrogens is 1. The van der Waals surface area contributed by atoms with Crippen LogP contribution in [-0.4, -0.2) is 17.4 Å². The van der Waals surface area contributed by atoms with Crippen LogP contribution in [0.2, 0.25) is 0 Å². The first-order valence-electron chi connectivity index (χ1n) is 5.18. The summed E-state index contributed by atoms with van der Waals surface area (Å²) in [4.78, 5) is 15.6. The van der Waals surface area contributed by atoms with Crippen molar-refractivity contribution in [1.82, 2.24) is 10.3 Å². The van der Waals surface area contributed by atoms with Gasteiger partial charge in [0, 0.05) is 13.5 Å². The number of rotatable bonds is 4. The molecule has 0 saturated carbocycles. The van der Waals surface area contributed by atoms with Crippen LogP contribution in [0.15, 0.2) is 4.42 Å². The van der Waals surface area contributed by atoms with Crippen LogP contribution in [0, 0.1) is 19.8 Å². The molecule has 0 saturated heterocycles. The van der Waals surface area contributed by atoms with Gasteiger partial charge in [-0.1, -0.05) is 13.8 Å². The molecule has 0 aliphatic rings. The van der Waals surface area contributed by atoms with Crippen LogP contribution in [-0.2, 0) is 11.2 Å². The Hall–Kier alpha value is -1.32. The fraction of sp³-hybridized carbons (Fsp3) is 0.636. The van der Waals surface area contributed by atoms with Crippen LogP contribution in [0.5, 0.6) is 0 Å². The molecule has 1 rings (SSSR count). The summed E-state index contributed by atoms with van der Waals surface area (Å²) in [5.74, 6) is 1.72. The number of carbonyl (C=O) groups is 1. The molecule has 0 atom stereocenters. The van der Waals surface area contributed by atoms with Gasteiger partial charge in [0.25, 0.3) is 0 Å². The predicted molar refractivity (Wildman–Crippen MR) is 57.5 cm³/mol. The van der Waals surface area contributed by atoms with E-state index >= 15 is 0 Å². The number of aryl methyl sites for hydroxylation is 2. The molecular weight excluding hydrogens is 192 g/mol. The first kappa shape index (κ1) is 11.8. The summed E-state index contributed by atoms with van der Waals surface area (Å²) >= 11 is 0. The van der Waals surface area contributed by atoms with Gasteiger partial charge in [-0.3, -0.25) is 4.79 Å². The van der Waals surface area contributed by atoms with Gasteiger partial charge in [-0.2, -0.15) is 0 Å². The molecule has 4 nitrogen and oxygen atoms in total. The molecule has 0 fully saturated rings. The van der Waals surface area contributed by atoms with Crippen LogP contribution in [0.25, 0.3) is 0 Å². The van der Waals surface area contributed by atoms with Crippen LogP contribution >= 0.6 is 0 Å². The number of carbonyl (C=O) groups excluding carboxylic acids is 1. The Kier molecular flexibility index (Phi) is 3.88. The van der Waals surface area contributed by atoms with E-state index in [1.807, 2.05) is 6.92 Å². The van der Waals surface area contributed by atoms with E-state index in [1.165, 1.54) is 0 Å². The summed E-state index contributed by atoms with van der Waals surface area (Å²) in [7, 11) is 0. The standard InChI is InChI=1S/C11H18N2O2/c1-7(2)6-12-11(14)5-10-8(3)13-9(4)15-10/h7H,5-6H2,1-4H3,(H,12,14). The predicted octanol–water partition coefficient (Wildman–Crippen LogP) is 1.61. The highest BCUT2D eigenvalue weighted by atomic mass is 16.4. The highest BCUT2D eigenvalue weighted by Crippen LogP contribution is 2.09. The van der Waals surface area contributed by atoms with E-state index < -0.39 is 0 Å². The Morgan fingerprint density at radius 3 is 2.60 bits per heavy atom. The van der Waals surface area contributed by atoms with Crippen molar-refractivity contribution >= 4 is 5.91 Å². The van der Waals surface area contributed by atoms with E-state index in [4.69, 9.17) is 4.42 Å². The van der Waals surface area contributed by atoms with Crippen molar-refractivity contribution in [3.05, 3.63) is 17.3 Å². The van der Waals surface area contributed by atoms with Gasteiger partial charge in [0.05, 0.1) is 12.1 Å². The van der Waals surface area contributed by atoms with Crippen molar-refractivity contribution in [2.75, 3.05) is 6.54 Å². The van der Waals surface area contributed by atoms with Crippen molar-refractivity contribution in [3.63, 3.8) is 0 Å². The summed E-state index contributed by atoms with van der Waals surface area (Å²) in [5.41, 5.74) is 0.798. The van der Waals surface area contributed by atoms with E-state index in [0.29, 0.717) is 24.1 Å². The van der Waals surface area contributed by atoms with Gasteiger partial charge in [-0.25, -0.2) is 4.98 Å². The average molecular weight is 210 g/mol. The van der Waals surface area contributed by atoms with Crippen LogP contribution in [0.3, 0.4) is 0 Å². The molecule has 0 spiro atoms. The lowest BCUT2D eigenvalue weighted by Gasteiger charge is -2.06. The van der Waals surface area contributed by atoms with E-state index in [2.05, 4.69) is 24.1 Å². The maximum absolute atomic E-state index is 11.5. The molecule has 0 aromatic carbocycles. The van der Waals surface area contributed by atoms with Gasteiger partial charge in [0.15, 0.2) is 5.89 Å². The monoisotopic (exact) mass is 210 g/mol. The van der Waals surface area contributed by atoms with Crippen molar-refractivity contribution in [1.29, 1.82) is 0 Å². The molecule has 4 heteroatoms. The Morgan fingerprint density at radius 2 is 2.13 bits per heavy atom. The molecule has 1 aromatic heterocycles. The van der Waals surface area contributed by atoms with Gasteiger partial charge in [0.1, 0.15) is 5.76 Å². The smallest absolute Gasteiger partial charge is 0.227 e. The molecule has 0 bridgehead atoms. The second-order valence-electron chi connectivity index (χ2n) is 4.12. The second-order valence-corrected chi connectivity index (χ2v) is 4.12. The Labute approximate surface area is 90.1 Å². The number of nitrogens with zero attached hydrogens (tertiary/aromatic N) is 1. The molecule has 84 valence electrons. The summed E-state index contributed by atoms with van der Waals surface area (Å²) in [6.45, 7) is 8.45. The van der Waals surface area contributed by atoms with Crippen molar-refractivity contribution in [3.8, 4) is 0 Å². The summed E-state index contributed by atoms with van der Waals surface area (Å²) in [6.07, 6.45) is 0.277. The number of hydrogen-bond donors (Lipinski definition) is 1. The minimum Gasteiger partial charge on any atom is -0.445 e. The van der Waals surface area contributed by atoms with Gasteiger partial charge in [-0.15, -0.1) is 0 Å². The SMILES string of the molecule is Cc1nc(C)c(CC(=O)NCC(C)C)o1. The van der Waals surface area contributed by atoms with Crippen LogP contribution in [0.4, 0.5) is 0 Å². The van der Waals surface area contributed by atoms with Crippen LogP contribution in [0.1, 0.15) is 31.2 Å². The molecule has 0 radical (unpaired) electrons. The third-order valence-electron chi connectivity index (χ3n) is 2.03. The molecule has 1 heterocycles. The number of amides is 1. The quantitative estimate of drug-likeness (QED) is 0.821. The molecule has 0 aliphatic carbocycles. The Morgan fingerprint density at radius 1 is 1.47 bits per heavy atom. The number of hydrogen-bond acceptors (Lipinski definition) is 3.